The van der Waals surface area contributed by atoms with Gasteiger partial charge in [0.1, 0.15) is 6.42 Å². The normalized spacial score (nSPS) is 11.4. The highest BCUT2D eigenvalue weighted by Crippen LogP contribution is 2.18. The Morgan fingerprint density at radius 3 is 2.38 bits per heavy atom. The Morgan fingerprint density at radius 1 is 1.31 bits per heavy atom. The highest BCUT2D eigenvalue weighted by molar-refractivity contribution is 6.17. The van der Waals surface area contributed by atoms with Crippen LogP contribution < -0.4 is 5.32 Å². The van der Waals surface area contributed by atoms with Crippen LogP contribution in [0, 0.1) is 0 Å². The van der Waals surface area contributed by atoms with Gasteiger partial charge < -0.3 is 5.32 Å². The molecular weight excluding hydrogens is 207 g/mol. The number of halogens is 4. The minimum atomic E-state index is -4.42. The van der Waals surface area contributed by atoms with E-state index >= 15 is 0 Å². The van der Waals surface area contributed by atoms with Crippen LogP contribution in [0.4, 0.5) is 13.2 Å². The van der Waals surface area contributed by atoms with Crippen molar-refractivity contribution in [1.29, 1.82) is 0 Å². The van der Waals surface area contributed by atoms with Crippen LogP contribution in [0.5, 0.6) is 0 Å². The topological polar surface area (TPSA) is 29.1 Å². The van der Waals surface area contributed by atoms with Gasteiger partial charge in [-0.3, -0.25) is 4.79 Å². The van der Waals surface area contributed by atoms with Crippen molar-refractivity contribution < 1.29 is 18.0 Å². The number of nitrogens with one attached hydrogen (secondary N) is 1. The lowest BCUT2D eigenvalue weighted by atomic mass is 10.3. The fourth-order valence-corrected chi connectivity index (χ4v) is 0.881. The average Bonchev–Trinajstić information content (AvgIpc) is 1.94. The number of alkyl halides is 4. The number of hydrogen-bond acceptors (Lipinski definition) is 1. The molecule has 1 N–H and O–H groups in total. The summed E-state index contributed by atoms with van der Waals surface area (Å²) in [5, 5.41) is 2.16. The van der Waals surface area contributed by atoms with Gasteiger partial charge in [0.25, 0.3) is 0 Å². The minimum absolute atomic E-state index is 0.252. The monoisotopic (exact) mass is 217 g/mol. The Morgan fingerprint density at radius 2 is 1.92 bits per heavy atom. The van der Waals surface area contributed by atoms with Crippen molar-refractivity contribution in [3.63, 3.8) is 0 Å². The SMILES string of the molecule is O=C(CC(F)(F)F)NCCCCCl. The molecule has 0 radical (unpaired) electrons. The van der Waals surface area contributed by atoms with Crippen LogP contribution in [-0.4, -0.2) is 24.5 Å². The van der Waals surface area contributed by atoms with E-state index in [1.165, 1.54) is 0 Å². The quantitative estimate of drug-likeness (QED) is 0.554. The van der Waals surface area contributed by atoms with Crippen LogP contribution in [0.1, 0.15) is 19.3 Å². The minimum Gasteiger partial charge on any atom is -0.356 e. The molecule has 0 aliphatic rings. The summed E-state index contributed by atoms with van der Waals surface area (Å²) in [4.78, 5) is 10.6. The van der Waals surface area contributed by atoms with Gasteiger partial charge in [-0.25, -0.2) is 0 Å². The van der Waals surface area contributed by atoms with Gasteiger partial charge in [0.05, 0.1) is 0 Å². The summed E-state index contributed by atoms with van der Waals surface area (Å²) in [5.74, 6) is -0.531. The molecule has 0 aromatic heterocycles. The van der Waals surface area contributed by atoms with E-state index in [9.17, 15) is 18.0 Å². The number of carbonyl (C=O) groups excluding carboxylic acids is 1. The lowest BCUT2D eigenvalue weighted by Gasteiger charge is -2.06. The smallest absolute Gasteiger partial charge is 0.356 e. The molecule has 13 heavy (non-hydrogen) atoms. The van der Waals surface area contributed by atoms with Crippen LogP contribution in [0.3, 0.4) is 0 Å². The summed E-state index contributed by atoms with van der Waals surface area (Å²) in [6, 6.07) is 0. The molecule has 0 aromatic carbocycles. The Kier molecular flexibility index (Phi) is 5.86. The molecule has 0 saturated heterocycles. The summed E-state index contributed by atoms with van der Waals surface area (Å²) in [5.41, 5.74) is 0. The first-order chi connectivity index (χ1) is 5.95. The molecule has 0 heterocycles. The number of carbonyl (C=O) groups is 1. The zero-order valence-corrected chi connectivity index (χ0v) is 7.71. The Balaban J connectivity index is 3.41. The third-order valence-corrected chi connectivity index (χ3v) is 1.51. The van der Waals surface area contributed by atoms with E-state index in [0.717, 1.165) is 0 Å². The highest BCUT2D eigenvalue weighted by atomic mass is 35.5. The summed E-state index contributed by atoms with van der Waals surface area (Å²) in [6.07, 6.45) is -4.54. The number of unbranched alkanes of at least 4 members (excludes halogenated alkanes) is 1. The van der Waals surface area contributed by atoms with Crippen molar-refractivity contribution in [1.82, 2.24) is 5.32 Å². The Hall–Kier alpha value is -0.450. The summed E-state index contributed by atoms with van der Waals surface area (Å²) in [6.45, 7) is 0.252. The molecule has 0 bridgehead atoms. The van der Waals surface area contributed by atoms with E-state index in [1.54, 1.807) is 0 Å². The van der Waals surface area contributed by atoms with Gasteiger partial charge in [-0.05, 0) is 12.8 Å². The molecule has 78 valence electrons. The number of amides is 1. The van der Waals surface area contributed by atoms with Gasteiger partial charge in [0.2, 0.25) is 5.91 Å². The highest BCUT2D eigenvalue weighted by Gasteiger charge is 2.30. The third kappa shape index (κ3) is 9.46. The average molecular weight is 218 g/mol. The number of rotatable bonds is 5. The van der Waals surface area contributed by atoms with Crippen LogP contribution in [0.2, 0.25) is 0 Å². The maximum atomic E-state index is 11.6. The first-order valence-corrected chi connectivity index (χ1v) is 4.38. The third-order valence-electron chi connectivity index (χ3n) is 1.24. The van der Waals surface area contributed by atoms with Crippen molar-refractivity contribution in [2.24, 2.45) is 0 Å². The maximum absolute atomic E-state index is 11.6. The van der Waals surface area contributed by atoms with E-state index in [1.807, 2.05) is 0 Å². The number of hydrogen-bond donors (Lipinski definition) is 1. The van der Waals surface area contributed by atoms with E-state index in [0.29, 0.717) is 18.7 Å². The second kappa shape index (κ2) is 6.07. The molecule has 0 aromatic rings. The van der Waals surface area contributed by atoms with Crippen LogP contribution in [0.15, 0.2) is 0 Å². The van der Waals surface area contributed by atoms with Crippen molar-refractivity contribution >= 4 is 17.5 Å². The van der Waals surface area contributed by atoms with Crippen molar-refractivity contribution in [2.75, 3.05) is 12.4 Å². The van der Waals surface area contributed by atoms with Gasteiger partial charge in [-0.2, -0.15) is 13.2 Å². The summed E-state index contributed by atoms with van der Waals surface area (Å²) < 4.78 is 34.8. The van der Waals surface area contributed by atoms with Crippen LogP contribution >= 0.6 is 11.6 Å². The molecule has 1 amide bonds. The van der Waals surface area contributed by atoms with E-state index in [2.05, 4.69) is 5.32 Å². The van der Waals surface area contributed by atoms with Crippen molar-refractivity contribution in [3.8, 4) is 0 Å². The van der Waals surface area contributed by atoms with E-state index in [-0.39, 0.29) is 6.54 Å². The molecule has 0 saturated carbocycles. The zero-order chi connectivity index (χ0) is 10.3. The fourth-order valence-electron chi connectivity index (χ4n) is 0.692. The molecule has 0 unspecified atom stereocenters. The predicted molar refractivity (Wildman–Crippen MR) is 43.6 cm³/mol. The fraction of sp³-hybridized carbons (Fsp3) is 0.857. The largest absolute Gasteiger partial charge is 0.397 e. The summed E-state index contributed by atoms with van der Waals surface area (Å²) >= 11 is 5.33. The second-order valence-corrected chi connectivity index (χ2v) is 2.92. The molecule has 2 nitrogen and oxygen atoms in total. The Bertz CT molecular complexity index is 160. The molecule has 0 aliphatic heterocycles. The molecule has 0 fully saturated rings. The van der Waals surface area contributed by atoms with Gasteiger partial charge in [0, 0.05) is 12.4 Å². The lowest BCUT2D eigenvalue weighted by molar-refractivity contribution is -0.153. The van der Waals surface area contributed by atoms with Gasteiger partial charge in [-0.1, -0.05) is 0 Å². The van der Waals surface area contributed by atoms with Gasteiger partial charge in [-0.15, -0.1) is 11.6 Å². The van der Waals surface area contributed by atoms with E-state index in [4.69, 9.17) is 11.6 Å². The first-order valence-electron chi connectivity index (χ1n) is 3.85. The van der Waals surface area contributed by atoms with Crippen LogP contribution in [-0.2, 0) is 4.79 Å². The van der Waals surface area contributed by atoms with Crippen molar-refractivity contribution in [2.45, 2.75) is 25.4 Å². The predicted octanol–water partition coefficient (Wildman–Crippen LogP) is 2.07. The van der Waals surface area contributed by atoms with Crippen LogP contribution in [0.25, 0.3) is 0 Å². The molecule has 0 atom stereocenters. The van der Waals surface area contributed by atoms with E-state index < -0.39 is 18.5 Å². The Labute approximate surface area is 79.4 Å². The molecule has 0 rings (SSSR count). The summed E-state index contributed by atoms with van der Waals surface area (Å²) in [7, 11) is 0. The standard InChI is InChI=1S/C7H11ClF3NO/c8-3-1-2-4-12-6(13)5-7(9,10)11/h1-5H2,(H,12,13). The molecular formula is C7H11ClF3NO. The van der Waals surface area contributed by atoms with Crippen molar-refractivity contribution in [3.05, 3.63) is 0 Å². The molecule has 0 aliphatic carbocycles. The molecule has 6 heteroatoms. The maximum Gasteiger partial charge on any atom is 0.397 e. The second-order valence-electron chi connectivity index (χ2n) is 2.54. The zero-order valence-electron chi connectivity index (χ0n) is 6.96. The lowest BCUT2D eigenvalue weighted by Crippen LogP contribution is -2.29. The molecule has 0 spiro atoms. The van der Waals surface area contributed by atoms with Gasteiger partial charge in [0.15, 0.2) is 0 Å². The first kappa shape index (κ1) is 12.6. The van der Waals surface area contributed by atoms with Gasteiger partial charge >= 0.3 is 6.18 Å².